The van der Waals surface area contributed by atoms with Gasteiger partial charge in [-0.25, -0.2) is 0 Å². The van der Waals surface area contributed by atoms with E-state index < -0.39 is 23.6 Å². The Labute approximate surface area is 158 Å². The molecule has 0 aliphatic rings. The Kier molecular flexibility index (Phi) is 5.62. The predicted molar refractivity (Wildman–Crippen MR) is 98.7 cm³/mol. The third-order valence-corrected chi connectivity index (χ3v) is 4.52. The van der Waals surface area contributed by atoms with Gasteiger partial charge in [-0.05, 0) is 35.8 Å². The number of hydrogen-bond donors (Lipinski definition) is 2. The van der Waals surface area contributed by atoms with Crippen molar-refractivity contribution in [1.82, 2.24) is 19.7 Å². The van der Waals surface area contributed by atoms with Crippen LogP contribution in [-0.4, -0.2) is 38.0 Å². The van der Waals surface area contributed by atoms with E-state index in [2.05, 4.69) is 19.7 Å². The molecule has 0 bridgehead atoms. The maximum Gasteiger partial charge on any atom is 0.287 e. The molecule has 0 saturated heterocycles. The summed E-state index contributed by atoms with van der Waals surface area (Å²) in [5.41, 5.74) is 6.80. The van der Waals surface area contributed by atoms with Gasteiger partial charge in [0, 0.05) is 30.1 Å². The molecular formula is C18H15N5O3S. The van der Waals surface area contributed by atoms with Crippen LogP contribution in [0.25, 0.3) is 11.3 Å². The Hall–Kier alpha value is -3.46. The van der Waals surface area contributed by atoms with Gasteiger partial charge in [0.05, 0.1) is 11.9 Å². The number of primary amides is 1. The van der Waals surface area contributed by atoms with Gasteiger partial charge in [-0.1, -0.05) is 12.1 Å². The highest BCUT2D eigenvalue weighted by molar-refractivity contribution is 7.08. The van der Waals surface area contributed by atoms with Gasteiger partial charge < -0.3 is 11.1 Å². The van der Waals surface area contributed by atoms with Gasteiger partial charge in [0.2, 0.25) is 5.78 Å². The quantitative estimate of drug-likeness (QED) is 0.588. The first-order valence-corrected chi connectivity index (χ1v) is 8.74. The lowest BCUT2D eigenvalue weighted by Crippen LogP contribution is -2.47. The minimum absolute atomic E-state index is 0.0477. The molecule has 9 heteroatoms. The summed E-state index contributed by atoms with van der Waals surface area (Å²) in [4.78, 5) is 44.9. The first-order chi connectivity index (χ1) is 13.1. The molecule has 3 rings (SSSR count). The standard InChI is InChI=1S/C18H15N5O3S/c19-17(25)15(24)14(9-11-5-1-3-7-20-11)23-18(26)16-12(10-22-27-16)13-6-2-4-8-21-13/h1-8,10,14H,9H2,(H2,19,25)(H,23,26). The zero-order valence-corrected chi connectivity index (χ0v) is 14.8. The molecule has 0 aliphatic heterocycles. The molecule has 3 N–H and O–H groups in total. The largest absolute Gasteiger partial charge is 0.363 e. The highest BCUT2D eigenvalue weighted by atomic mass is 32.1. The van der Waals surface area contributed by atoms with E-state index in [9.17, 15) is 14.4 Å². The normalized spacial score (nSPS) is 11.6. The third kappa shape index (κ3) is 4.39. The number of pyridine rings is 2. The highest BCUT2D eigenvalue weighted by Crippen LogP contribution is 2.24. The second kappa shape index (κ2) is 8.28. The van der Waals surface area contributed by atoms with Crippen LogP contribution in [0.3, 0.4) is 0 Å². The molecule has 27 heavy (non-hydrogen) atoms. The van der Waals surface area contributed by atoms with Gasteiger partial charge >= 0.3 is 0 Å². The topological polar surface area (TPSA) is 128 Å². The van der Waals surface area contributed by atoms with Crippen LogP contribution < -0.4 is 11.1 Å². The first kappa shape index (κ1) is 18.3. The van der Waals surface area contributed by atoms with Crippen molar-refractivity contribution in [3.8, 4) is 11.3 Å². The summed E-state index contributed by atoms with van der Waals surface area (Å²) >= 11 is 0.976. The minimum Gasteiger partial charge on any atom is -0.363 e. The lowest BCUT2D eigenvalue weighted by atomic mass is 10.0. The molecule has 3 aromatic rings. The lowest BCUT2D eigenvalue weighted by Gasteiger charge is -2.15. The Morgan fingerprint density at radius 3 is 2.44 bits per heavy atom. The van der Waals surface area contributed by atoms with Gasteiger partial charge in [0.25, 0.3) is 11.8 Å². The Morgan fingerprint density at radius 1 is 1.07 bits per heavy atom. The molecule has 0 saturated carbocycles. The highest BCUT2D eigenvalue weighted by Gasteiger charge is 2.28. The zero-order chi connectivity index (χ0) is 19.2. The summed E-state index contributed by atoms with van der Waals surface area (Å²) in [6.45, 7) is 0. The fourth-order valence-corrected chi connectivity index (χ4v) is 3.10. The number of aromatic nitrogens is 3. The number of amides is 2. The van der Waals surface area contributed by atoms with Gasteiger partial charge in [-0.2, -0.15) is 4.37 Å². The van der Waals surface area contributed by atoms with Crippen LogP contribution in [0.5, 0.6) is 0 Å². The Balaban J connectivity index is 1.84. The van der Waals surface area contributed by atoms with Crippen LogP contribution in [0.4, 0.5) is 0 Å². The molecule has 0 aliphatic carbocycles. The summed E-state index contributed by atoms with van der Waals surface area (Å²) in [6, 6.07) is 9.35. The average molecular weight is 381 g/mol. The number of nitrogens with two attached hydrogens (primary N) is 1. The smallest absolute Gasteiger partial charge is 0.287 e. The fraction of sp³-hybridized carbons (Fsp3) is 0.111. The van der Waals surface area contributed by atoms with Gasteiger partial charge in [-0.3, -0.25) is 24.4 Å². The maximum absolute atomic E-state index is 12.7. The molecule has 3 aromatic heterocycles. The molecule has 0 radical (unpaired) electrons. The van der Waals surface area contributed by atoms with Crippen molar-refractivity contribution in [2.75, 3.05) is 0 Å². The van der Waals surface area contributed by atoms with Crippen molar-refractivity contribution in [3.05, 3.63) is 65.6 Å². The maximum atomic E-state index is 12.7. The Bertz CT molecular complexity index is 959. The average Bonchev–Trinajstić information content (AvgIpc) is 3.18. The number of rotatable bonds is 7. The van der Waals surface area contributed by atoms with E-state index >= 15 is 0 Å². The van der Waals surface area contributed by atoms with E-state index in [1.54, 1.807) is 48.8 Å². The van der Waals surface area contributed by atoms with Crippen LogP contribution in [0.2, 0.25) is 0 Å². The van der Waals surface area contributed by atoms with E-state index in [1.165, 1.54) is 6.20 Å². The number of nitrogens with zero attached hydrogens (tertiary/aromatic N) is 3. The van der Waals surface area contributed by atoms with Gasteiger partial charge in [-0.15, -0.1) is 0 Å². The van der Waals surface area contributed by atoms with Crippen LogP contribution in [-0.2, 0) is 16.0 Å². The molecule has 0 aromatic carbocycles. The van der Waals surface area contributed by atoms with Crippen molar-refractivity contribution < 1.29 is 14.4 Å². The van der Waals surface area contributed by atoms with Crippen LogP contribution in [0.15, 0.2) is 55.0 Å². The minimum atomic E-state index is -1.12. The molecule has 0 fully saturated rings. The third-order valence-electron chi connectivity index (χ3n) is 3.72. The van der Waals surface area contributed by atoms with E-state index in [0.717, 1.165) is 11.5 Å². The molecule has 1 atom stereocenters. The summed E-state index contributed by atoms with van der Waals surface area (Å²) in [5, 5.41) is 2.57. The Morgan fingerprint density at radius 2 is 1.81 bits per heavy atom. The summed E-state index contributed by atoms with van der Waals surface area (Å²) in [7, 11) is 0. The van der Waals surface area contributed by atoms with Crippen molar-refractivity contribution in [2.24, 2.45) is 5.73 Å². The molecule has 0 spiro atoms. The van der Waals surface area contributed by atoms with Crippen molar-refractivity contribution >= 4 is 29.1 Å². The SMILES string of the molecule is NC(=O)C(=O)C(Cc1ccccn1)NC(=O)c1sncc1-c1ccccn1. The number of carbonyl (C=O) groups is 3. The van der Waals surface area contributed by atoms with Crippen LogP contribution >= 0.6 is 11.5 Å². The van der Waals surface area contributed by atoms with Crippen molar-refractivity contribution in [1.29, 1.82) is 0 Å². The number of ketones is 1. The molecule has 3 heterocycles. The number of Topliss-reactive ketones (excluding diaryl/α,β-unsaturated/α-hetero) is 1. The summed E-state index contributed by atoms with van der Waals surface area (Å²) in [5.74, 6) is -2.54. The second-order valence-corrected chi connectivity index (χ2v) is 6.36. The van der Waals surface area contributed by atoms with Crippen LogP contribution in [0, 0.1) is 0 Å². The number of hydrogen-bond acceptors (Lipinski definition) is 7. The van der Waals surface area contributed by atoms with E-state index in [1.807, 2.05) is 0 Å². The van der Waals surface area contributed by atoms with E-state index in [-0.39, 0.29) is 11.3 Å². The molecule has 136 valence electrons. The summed E-state index contributed by atoms with van der Waals surface area (Å²) < 4.78 is 4.04. The molecule has 2 amide bonds. The zero-order valence-electron chi connectivity index (χ0n) is 14.0. The predicted octanol–water partition coefficient (Wildman–Crippen LogP) is 0.996. The van der Waals surface area contributed by atoms with Crippen molar-refractivity contribution in [2.45, 2.75) is 12.5 Å². The second-order valence-electron chi connectivity index (χ2n) is 5.56. The molecule has 1 unspecified atom stereocenters. The van der Waals surface area contributed by atoms with Crippen molar-refractivity contribution in [3.63, 3.8) is 0 Å². The monoisotopic (exact) mass is 381 g/mol. The first-order valence-electron chi connectivity index (χ1n) is 7.96. The van der Waals surface area contributed by atoms with Crippen LogP contribution in [0.1, 0.15) is 15.4 Å². The molecular weight excluding hydrogens is 366 g/mol. The lowest BCUT2D eigenvalue weighted by molar-refractivity contribution is -0.137. The number of carbonyl (C=O) groups excluding carboxylic acids is 3. The number of nitrogens with one attached hydrogen (secondary N) is 1. The van der Waals surface area contributed by atoms with Gasteiger partial charge in [0.15, 0.2) is 0 Å². The molecule has 8 nitrogen and oxygen atoms in total. The fourth-order valence-electron chi connectivity index (χ4n) is 2.44. The summed E-state index contributed by atoms with van der Waals surface area (Å²) in [6.07, 6.45) is 4.75. The van der Waals surface area contributed by atoms with Gasteiger partial charge in [0.1, 0.15) is 10.9 Å². The van der Waals surface area contributed by atoms with E-state index in [4.69, 9.17) is 5.73 Å². The van der Waals surface area contributed by atoms with E-state index in [0.29, 0.717) is 17.0 Å².